The summed E-state index contributed by atoms with van der Waals surface area (Å²) in [6.45, 7) is 4.66. The van der Waals surface area contributed by atoms with E-state index in [4.69, 9.17) is 4.74 Å². The number of aromatic nitrogens is 1. The highest BCUT2D eigenvalue weighted by atomic mass is 79.9. The van der Waals surface area contributed by atoms with Crippen molar-refractivity contribution >= 4 is 27.5 Å². The molecule has 0 unspecified atom stereocenters. The highest BCUT2D eigenvalue weighted by Crippen LogP contribution is 2.26. The van der Waals surface area contributed by atoms with Gasteiger partial charge in [0, 0.05) is 10.7 Å². The van der Waals surface area contributed by atoms with Gasteiger partial charge in [-0.1, -0.05) is 13.0 Å². The largest absolute Gasteiger partial charge is 0.491 e. The molecule has 2 N–H and O–H groups in total. The third kappa shape index (κ3) is 3.63. The lowest BCUT2D eigenvalue weighted by atomic mass is 10.2. The zero-order valence-corrected chi connectivity index (χ0v) is 13.1. The minimum Gasteiger partial charge on any atom is -0.491 e. The molecule has 0 aliphatic heterocycles. The number of aryl methyl sites for hydroxylation is 1. The molecular formula is C15H17BrN2O2. The minimum absolute atomic E-state index is 0.194. The predicted molar refractivity (Wildman–Crippen MR) is 83.4 cm³/mol. The predicted octanol–water partition coefficient (Wildman–Crippen LogP) is 4.13. The van der Waals surface area contributed by atoms with E-state index in [9.17, 15) is 4.79 Å². The first-order valence-electron chi connectivity index (χ1n) is 6.49. The fourth-order valence-corrected chi connectivity index (χ4v) is 2.10. The molecule has 5 heteroatoms. The number of benzene rings is 1. The second-order valence-electron chi connectivity index (χ2n) is 4.53. The van der Waals surface area contributed by atoms with Gasteiger partial charge in [0.25, 0.3) is 5.91 Å². The van der Waals surface area contributed by atoms with E-state index in [1.807, 2.05) is 32.0 Å². The van der Waals surface area contributed by atoms with Gasteiger partial charge in [-0.25, -0.2) is 0 Å². The van der Waals surface area contributed by atoms with Gasteiger partial charge in [0.2, 0.25) is 0 Å². The maximum Gasteiger partial charge on any atom is 0.272 e. The van der Waals surface area contributed by atoms with Gasteiger partial charge in [0.1, 0.15) is 11.4 Å². The molecule has 0 aliphatic carbocycles. The zero-order chi connectivity index (χ0) is 14.5. The number of H-pyrrole nitrogens is 1. The second kappa shape index (κ2) is 6.61. The van der Waals surface area contributed by atoms with Crippen LogP contribution >= 0.6 is 15.9 Å². The van der Waals surface area contributed by atoms with Gasteiger partial charge in [-0.05, 0) is 53.0 Å². The molecule has 2 rings (SSSR count). The number of rotatable bonds is 5. The van der Waals surface area contributed by atoms with Crippen LogP contribution in [-0.2, 0) is 0 Å². The molecule has 0 fully saturated rings. The first-order valence-corrected chi connectivity index (χ1v) is 7.28. The van der Waals surface area contributed by atoms with Crippen LogP contribution in [0.2, 0.25) is 0 Å². The molecule has 0 radical (unpaired) electrons. The molecule has 106 valence electrons. The van der Waals surface area contributed by atoms with Crippen LogP contribution in [0.15, 0.2) is 34.9 Å². The lowest BCUT2D eigenvalue weighted by Gasteiger charge is -2.12. The number of anilines is 1. The quantitative estimate of drug-likeness (QED) is 0.862. The van der Waals surface area contributed by atoms with Crippen molar-refractivity contribution < 1.29 is 9.53 Å². The van der Waals surface area contributed by atoms with Crippen LogP contribution in [0.4, 0.5) is 5.69 Å². The number of amides is 1. The number of hydrogen-bond donors (Lipinski definition) is 2. The number of nitrogens with one attached hydrogen (secondary N) is 2. The van der Waals surface area contributed by atoms with Crippen molar-refractivity contribution in [3.8, 4) is 5.75 Å². The summed E-state index contributed by atoms with van der Waals surface area (Å²) in [6, 6.07) is 7.46. The van der Waals surface area contributed by atoms with E-state index in [0.717, 1.165) is 16.5 Å². The Morgan fingerprint density at radius 3 is 2.85 bits per heavy atom. The number of halogens is 1. The van der Waals surface area contributed by atoms with Gasteiger partial charge in [-0.2, -0.15) is 0 Å². The smallest absolute Gasteiger partial charge is 0.272 e. The van der Waals surface area contributed by atoms with Gasteiger partial charge in [-0.3, -0.25) is 4.79 Å². The molecule has 4 nitrogen and oxygen atoms in total. The molecule has 2 aromatic rings. The number of carbonyl (C=O) groups is 1. The van der Waals surface area contributed by atoms with Crippen molar-refractivity contribution in [2.75, 3.05) is 11.9 Å². The van der Waals surface area contributed by atoms with Gasteiger partial charge in [-0.15, -0.1) is 0 Å². The fraction of sp³-hybridized carbons (Fsp3) is 0.267. The van der Waals surface area contributed by atoms with E-state index in [1.165, 1.54) is 0 Å². The topological polar surface area (TPSA) is 54.1 Å². The Kier molecular flexibility index (Phi) is 4.84. The molecule has 0 bridgehead atoms. The van der Waals surface area contributed by atoms with Crippen LogP contribution < -0.4 is 10.1 Å². The maximum absolute atomic E-state index is 12.1. The summed E-state index contributed by atoms with van der Waals surface area (Å²) in [5.41, 5.74) is 2.27. The number of carbonyl (C=O) groups excluding carboxylic acids is 1. The summed E-state index contributed by atoms with van der Waals surface area (Å²) in [7, 11) is 0. The summed E-state index contributed by atoms with van der Waals surface area (Å²) in [6.07, 6.45) is 2.64. The van der Waals surface area contributed by atoms with Gasteiger partial charge < -0.3 is 15.0 Å². The first-order chi connectivity index (χ1) is 9.60. The van der Waals surface area contributed by atoms with E-state index in [-0.39, 0.29) is 5.91 Å². The maximum atomic E-state index is 12.1. The molecule has 1 aromatic carbocycles. The van der Waals surface area contributed by atoms with Crippen LogP contribution in [0.5, 0.6) is 5.75 Å². The highest BCUT2D eigenvalue weighted by molar-refractivity contribution is 9.10. The molecule has 0 aliphatic rings. The van der Waals surface area contributed by atoms with Crippen molar-refractivity contribution in [1.29, 1.82) is 0 Å². The molecule has 0 spiro atoms. The molecular weight excluding hydrogens is 320 g/mol. The Balaban J connectivity index is 2.17. The summed E-state index contributed by atoms with van der Waals surface area (Å²) in [5.74, 6) is 0.506. The van der Waals surface area contributed by atoms with Crippen molar-refractivity contribution in [3.05, 3.63) is 46.2 Å². The van der Waals surface area contributed by atoms with E-state index in [0.29, 0.717) is 23.7 Å². The monoisotopic (exact) mass is 336 g/mol. The van der Waals surface area contributed by atoms with Crippen molar-refractivity contribution in [3.63, 3.8) is 0 Å². The highest BCUT2D eigenvalue weighted by Gasteiger charge is 2.11. The van der Waals surface area contributed by atoms with E-state index in [1.54, 1.807) is 12.3 Å². The number of hydrogen-bond acceptors (Lipinski definition) is 2. The number of aromatic amines is 1. The summed E-state index contributed by atoms with van der Waals surface area (Å²) in [4.78, 5) is 15.0. The van der Waals surface area contributed by atoms with Crippen molar-refractivity contribution in [1.82, 2.24) is 4.98 Å². The van der Waals surface area contributed by atoms with Crippen LogP contribution in [-0.4, -0.2) is 17.5 Å². The lowest BCUT2D eigenvalue weighted by molar-refractivity contribution is 0.102. The molecule has 0 atom stereocenters. The average Bonchev–Trinajstić information content (AvgIpc) is 2.85. The van der Waals surface area contributed by atoms with Crippen LogP contribution in [0.1, 0.15) is 29.4 Å². The van der Waals surface area contributed by atoms with Crippen LogP contribution in [0.3, 0.4) is 0 Å². The Labute approximate surface area is 126 Å². The van der Waals surface area contributed by atoms with Gasteiger partial charge >= 0.3 is 0 Å². The molecule has 1 heterocycles. The third-order valence-corrected chi connectivity index (χ3v) is 3.20. The van der Waals surface area contributed by atoms with Gasteiger partial charge in [0.15, 0.2) is 0 Å². The molecule has 20 heavy (non-hydrogen) atoms. The van der Waals surface area contributed by atoms with E-state index >= 15 is 0 Å². The minimum atomic E-state index is -0.194. The second-order valence-corrected chi connectivity index (χ2v) is 5.45. The third-order valence-electron chi connectivity index (χ3n) is 2.74. The molecule has 0 saturated heterocycles. The normalized spacial score (nSPS) is 10.3. The summed E-state index contributed by atoms with van der Waals surface area (Å²) in [5, 5.41) is 2.86. The van der Waals surface area contributed by atoms with Crippen molar-refractivity contribution in [2.24, 2.45) is 0 Å². The summed E-state index contributed by atoms with van der Waals surface area (Å²) < 4.78 is 6.52. The zero-order valence-electron chi connectivity index (χ0n) is 11.5. The fourth-order valence-electron chi connectivity index (χ4n) is 1.75. The molecule has 1 aromatic heterocycles. The van der Waals surface area contributed by atoms with E-state index < -0.39 is 0 Å². The first kappa shape index (κ1) is 14.7. The Bertz CT molecular complexity index is 608. The standard InChI is InChI=1S/C15H17BrN2O2/c1-3-6-20-14-7-10(2)4-5-12(14)18-15(19)13-8-11(16)9-17-13/h4-5,7-9,17H,3,6H2,1-2H3,(H,18,19). The lowest BCUT2D eigenvalue weighted by Crippen LogP contribution is -2.13. The van der Waals surface area contributed by atoms with Crippen LogP contribution in [0.25, 0.3) is 0 Å². The Morgan fingerprint density at radius 1 is 1.40 bits per heavy atom. The number of ether oxygens (including phenoxy) is 1. The van der Waals surface area contributed by atoms with E-state index in [2.05, 4.69) is 26.2 Å². The Hall–Kier alpha value is -1.75. The summed E-state index contributed by atoms with van der Waals surface area (Å²) >= 11 is 3.31. The van der Waals surface area contributed by atoms with Gasteiger partial charge in [0.05, 0.1) is 12.3 Å². The Morgan fingerprint density at radius 2 is 2.20 bits per heavy atom. The molecule has 1 amide bonds. The molecule has 0 saturated carbocycles. The van der Waals surface area contributed by atoms with Crippen molar-refractivity contribution in [2.45, 2.75) is 20.3 Å². The average molecular weight is 337 g/mol. The SMILES string of the molecule is CCCOc1cc(C)ccc1NC(=O)c1cc(Br)c[nH]1. The van der Waals surface area contributed by atoms with Crippen LogP contribution in [0, 0.1) is 6.92 Å².